The topological polar surface area (TPSA) is 95.6 Å². The quantitative estimate of drug-likeness (QED) is 0.0775. The van der Waals surface area contributed by atoms with Crippen molar-refractivity contribution < 1.29 is 37.0 Å². The van der Waals surface area contributed by atoms with E-state index in [9.17, 15) is 37.0 Å². The number of piperidine rings is 2. The van der Waals surface area contributed by atoms with Crippen LogP contribution in [0.3, 0.4) is 0 Å². The number of fused-ring (bicyclic) bond motifs is 2. The zero-order valence-electron chi connectivity index (χ0n) is 32.2. The van der Waals surface area contributed by atoms with Gasteiger partial charge >= 0.3 is 6.18 Å². The largest absolute Gasteiger partial charge is 0.454 e. The predicted molar refractivity (Wildman–Crippen MR) is 215 cm³/mol. The Morgan fingerprint density at radius 2 is 1.14 bits per heavy atom. The molecule has 4 aromatic carbocycles. The molecule has 2 aromatic heterocycles. The molecule has 2 aliphatic heterocycles. The van der Waals surface area contributed by atoms with Crippen LogP contribution in [0.5, 0.6) is 0 Å². The van der Waals surface area contributed by atoms with Crippen molar-refractivity contribution in [2.45, 2.75) is 56.9 Å². The lowest BCUT2D eigenvalue weighted by atomic mass is 9.86. The van der Waals surface area contributed by atoms with Crippen molar-refractivity contribution in [2.75, 3.05) is 39.3 Å². The van der Waals surface area contributed by atoms with Crippen LogP contribution in [0.15, 0.2) is 103 Å². The van der Waals surface area contributed by atoms with Gasteiger partial charge in [-0.05, 0) is 123 Å². The van der Waals surface area contributed by atoms with Crippen LogP contribution in [0.2, 0.25) is 0 Å². The van der Waals surface area contributed by atoms with Gasteiger partial charge in [0, 0.05) is 42.0 Å². The first-order valence-corrected chi connectivity index (χ1v) is 20.0. The zero-order valence-corrected chi connectivity index (χ0v) is 32.2. The number of hydrogen-bond donors (Lipinski definition) is 4. The summed E-state index contributed by atoms with van der Waals surface area (Å²) in [5, 5.41) is 23.2. The van der Waals surface area contributed by atoms with Crippen molar-refractivity contribution in [3.63, 3.8) is 0 Å². The maximum atomic E-state index is 13.0. The minimum atomic E-state index is -4.95. The Kier molecular flexibility index (Phi) is 13.1. The highest BCUT2D eigenvalue weighted by Gasteiger charge is 2.41. The number of aromatic amines is 2. The maximum Gasteiger partial charge on any atom is 0.454 e. The third kappa shape index (κ3) is 9.86. The summed E-state index contributed by atoms with van der Waals surface area (Å²) in [7, 11) is 0. The molecule has 12 heteroatoms. The first kappa shape index (κ1) is 41.3. The van der Waals surface area contributed by atoms with E-state index in [4.69, 9.17) is 0 Å². The number of halogens is 5. The smallest absolute Gasteiger partial charge is 0.388 e. The fourth-order valence-electron chi connectivity index (χ4n) is 8.49. The van der Waals surface area contributed by atoms with Gasteiger partial charge in [-0.25, -0.2) is 8.78 Å². The number of alkyl halides is 3. The van der Waals surface area contributed by atoms with E-state index < -0.39 is 29.7 Å². The van der Waals surface area contributed by atoms with Crippen LogP contribution in [0.1, 0.15) is 70.5 Å². The number of nitrogens with one attached hydrogen (secondary N) is 2. The second-order valence-electron chi connectivity index (χ2n) is 15.6. The number of ketones is 1. The molecule has 58 heavy (non-hydrogen) atoms. The number of aromatic nitrogens is 2. The number of para-hydroxylation sites is 2. The van der Waals surface area contributed by atoms with Crippen LogP contribution in [-0.4, -0.2) is 81.2 Å². The molecule has 0 aliphatic carbocycles. The minimum absolute atomic E-state index is 0.0345. The Bertz CT molecular complexity index is 2250. The van der Waals surface area contributed by atoms with E-state index in [1.54, 1.807) is 24.3 Å². The minimum Gasteiger partial charge on any atom is -0.388 e. The van der Waals surface area contributed by atoms with Crippen LogP contribution >= 0.6 is 0 Å². The van der Waals surface area contributed by atoms with Gasteiger partial charge in [0.15, 0.2) is 0 Å². The summed E-state index contributed by atoms with van der Waals surface area (Å²) in [6, 6.07) is 26.1. The number of nitrogens with zero attached hydrogens (tertiary/aromatic N) is 2. The number of rotatable bonds is 11. The van der Waals surface area contributed by atoms with Gasteiger partial charge in [0.1, 0.15) is 11.6 Å². The lowest BCUT2D eigenvalue weighted by Crippen LogP contribution is -2.36. The van der Waals surface area contributed by atoms with Crippen LogP contribution in [0.25, 0.3) is 21.8 Å². The molecule has 2 unspecified atom stereocenters. The average molecular weight is 801 g/mol. The molecule has 0 saturated carbocycles. The van der Waals surface area contributed by atoms with Crippen molar-refractivity contribution >= 4 is 27.6 Å². The summed E-state index contributed by atoms with van der Waals surface area (Å²) < 4.78 is 64.7. The summed E-state index contributed by atoms with van der Waals surface area (Å²) in [5.41, 5.74) is 4.75. The van der Waals surface area contributed by atoms with Gasteiger partial charge in [-0.1, -0.05) is 60.7 Å². The number of aliphatic hydroxyl groups excluding tert-OH is 2. The second-order valence-corrected chi connectivity index (χ2v) is 15.6. The lowest BCUT2D eigenvalue weighted by Gasteiger charge is -2.34. The summed E-state index contributed by atoms with van der Waals surface area (Å²) in [6.45, 7) is 5.42. The average Bonchev–Trinajstić information content (AvgIpc) is 3.91. The molecule has 7 nitrogen and oxygen atoms in total. The molecule has 0 radical (unpaired) electrons. The molecule has 4 heterocycles. The van der Waals surface area contributed by atoms with E-state index in [0.717, 1.165) is 106 Å². The Morgan fingerprint density at radius 3 is 1.64 bits per heavy atom. The number of carbonyl (C=O) groups excluding carboxylic acids is 1. The number of carbonyl (C=O) groups is 1. The van der Waals surface area contributed by atoms with Gasteiger partial charge < -0.3 is 30.0 Å². The number of aliphatic hydroxyl groups is 2. The van der Waals surface area contributed by atoms with Gasteiger partial charge in [0.05, 0.1) is 28.8 Å². The number of hydrogen-bond acceptors (Lipinski definition) is 5. The molecule has 0 spiro atoms. The number of H-pyrrole nitrogens is 2. The Hall–Kier alpha value is -4.88. The van der Waals surface area contributed by atoms with E-state index >= 15 is 0 Å². The van der Waals surface area contributed by atoms with E-state index in [1.165, 1.54) is 35.9 Å². The highest BCUT2D eigenvalue weighted by molar-refractivity contribution is 6.11. The summed E-state index contributed by atoms with van der Waals surface area (Å²) >= 11 is 0. The third-order valence-electron chi connectivity index (χ3n) is 11.9. The summed E-state index contributed by atoms with van der Waals surface area (Å²) in [5.74, 6) is -2.07. The second kappa shape index (κ2) is 18.4. The first-order chi connectivity index (χ1) is 27.9. The Morgan fingerprint density at radius 1 is 0.655 bits per heavy atom. The van der Waals surface area contributed by atoms with Crippen molar-refractivity contribution in [3.8, 4) is 0 Å². The van der Waals surface area contributed by atoms with E-state index in [2.05, 4.69) is 25.8 Å². The monoisotopic (exact) mass is 800 g/mol. The van der Waals surface area contributed by atoms with Gasteiger partial charge in [0.2, 0.25) is 0 Å². The van der Waals surface area contributed by atoms with E-state index in [-0.39, 0.29) is 22.9 Å². The standard InChI is InChI=1S/C24H24F4N2O2.C22H25FN2O/c25-17-6-4-15(5-7-17)8-11-30-12-9-16(10-13-30)22(31)19-3-1-2-18-20(14-29-21(18)19)23(32)24(26,27)28;23-19-6-4-16(5-7-19)9-13-25-14-10-18(11-15-25)22(26)20-3-1-2-17-8-12-24-21(17)20/h1-7,14,16,22,29,31H,8-13H2;1-8,12,18,22,24,26H,9-11,13-15H2. The summed E-state index contributed by atoms with van der Waals surface area (Å²) in [4.78, 5) is 22.5. The lowest BCUT2D eigenvalue weighted by molar-refractivity contribution is -0.0884. The predicted octanol–water partition coefficient (Wildman–Crippen LogP) is 9.34. The van der Waals surface area contributed by atoms with Crippen LogP contribution in [-0.2, 0) is 12.8 Å². The molecule has 4 N–H and O–H groups in total. The molecular weight excluding hydrogens is 752 g/mol. The molecule has 6 aromatic rings. The Balaban J connectivity index is 0.000000180. The highest BCUT2D eigenvalue weighted by Crippen LogP contribution is 2.37. The molecule has 0 bridgehead atoms. The third-order valence-corrected chi connectivity index (χ3v) is 11.9. The van der Waals surface area contributed by atoms with E-state index in [1.807, 2.05) is 36.5 Å². The molecule has 2 fully saturated rings. The van der Waals surface area contributed by atoms with Crippen molar-refractivity contribution in [1.82, 2.24) is 19.8 Å². The normalized spacial score (nSPS) is 17.3. The molecule has 2 saturated heterocycles. The van der Waals surface area contributed by atoms with Crippen molar-refractivity contribution in [1.29, 1.82) is 0 Å². The van der Waals surface area contributed by atoms with Crippen molar-refractivity contribution in [2.24, 2.45) is 11.8 Å². The molecule has 8 rings (SSSR count). The van der Waals surface area contributed by atoms with Gasteiger partial charge in [-0.15, -0.1) is 0 Å². The van der Waals surface area contributed by atoms with Gasteiger partial charge in [0.25, 0.3) is 5.78 Å². The number of likely N-dealkylation sites (tertiary alicyclic amines) is 2. The van der Waals surface area contributed by atoms with Crippen LogP contribution in [0, 0.1) is 23.5 Å². The SMILES string of the molecule is O=C(c1c[nH]c2c(C(O)C3CCN(CCc4ccc(F)cc4)CC3)cccc12)C(F)(F)F.OC(c1cccc2cc[nH]c12)C1CCN(CCc2ccc(F)cc2)CC1. The number of benzene rings is 4. The van der Waals surface area contributed by atoms with Gasteiger partial charge in [-0.3, -0.25) is 4.79 Å². The summed E-state index contributed by atoms with van der Waals surface area (Å²) in [6.07, 6.45) is 2.02. The fourth-order valence-corrected chi connectivity index (χ4v) is 8.49. The zero-order chi connectivity index (χ0) is 40.8. The first-order valence-electron chi connectivity index (χ1n) is 20.0. The molecule has 306 valence electrons. The molecule has 2 aliphatic rings. The fraction of sp³-hybridized carbons (Fsp3) is 0.370. The number of Topliss-reactive ketones (excluding diaryl/α,β-unsaturated/α-hetero) is 1. The highest BCUT2D eigenvalue weighted by atomic mass is 19.4. The maximum absolute atomic E-state index is 13.0. The van der Waals surface area contributed by atoms with Crippen molar-refractivity contribution in [3.05, 3.63) is 143 Å². The van der Waals surface area contributed by atoms with Gasteiger partial charge in [-0.2, -0.15) is 13.2 Å². The van der Waals surface area contributed by atoms with E-state index in [0.29, 0.717) is 17.0 Å². The Labute approximate surface area is 334 Å². The molecule has 0 amide bonds. The van der Waals surface area contributed by atoms with Crippen LogP contribution < -0.4 is 0 Å². The molecule has 2 atom stereocenters. The molecular formula is C46H49F5N4O3. The van der Waals surface area contributed by atoms with Crippen LogP contribution in [0.4, 0.5) is 22.0 Å².